The van der Waals surface area contributed by atoms with E-state index in [1.54, 1.807) is 26.8 Å². The number of sulfonamides is 1. The molecule has 2 heterocycles. The van der Waals surface area contributed by atoms with E-state index >= 15 is 0 Å². The number of aromatic nitrogens is 2. The fourth-order valence-corrected chi connectivity index (χ4v) is 6.68. The van der Waals surface area contributed by atoms with E-state index in [9.17, 15) is 23.1 Å². The van der Waals surface area contributed by atoms with Crippen molar-refractivity contribution in [3.05, 3.63) is 70.4 Å². The van der Waals surface area contributed by atoms with Gasteiger partial charge in [0.15, 0.2) is 0 Å². The van der Waals surface area contributed by atoms with E-state index in [0.29, 0.717) is 12.1 Å². The second-order valence-corrected chi connectivity index (χ2v) is 15.1. The van der Waals surface area contributed by atoms with Crippen LogP contribution in [-0.4, -0.2) is 82.7 Å². The zero-order valence-electron chi connectivity index (χ0n) is 27.2. The summed E-state index contributed by atoms with van der Waals surface area (Å²) in [6.07, 6.45) is -1.09. The molecule has 1 fully saturated rings. The van der Waals surface area contributed by atoms with Gasteiger partial charge in [0.1, 0.15) is 10.8 Å². The first-order valence-electron chi connectivity index (χ1n) is 15.2. The minimum absolute atomic E-state index is 0.0395. The van der Waals surface area contributed by atoms with Crippen molar-refractivity contribution in [1.82, 2.24) is 19.8 Å². The molecule has 46 heavy (non-hydrogen) atoms. The summed E-state index contributed by atoms with van der Waals surface area (Å²) in [6.45, 7) is 13.4. The highest BCUT2D eigenvalue weighted by Crippen LogP contribution is 2.29. The molecule has 2 N–H and O–H groups in total. The fraction of sp³-hybridized carbons (Fsp3) is 0.455. The van der Waals surface area contributed by atoms with Gasteiger partial charge in [-0.2, -0.15) is 0 Å². The molecule has 4 rings (SSSR count). The lowest BCUT2D eigenvalue weighted by Crippen LogP contribution is -2.49. The minimum atomic E-state index is -4.24. The van der Waals surface area contributed by atoms with Crippen LogP contribution >= 0.6 is 11.6 Å². The number of aliphatic hydroxyl groups excluding tert-OH is 1. The first-order chi connectivity index (χ1) is 21.4. The van der Waals surface area contributed by atoms with Crippen molar-refractivity contribution in [1.29, 1.82) is 0 Å². The first-order valence-corrected chi connectivity index (χ1v) is 17.0. The monoisotopic (exact) mass is 671 g/mol. The number of rotatable bonds is 7. The molecule has 0 unspecified atom stereocenters. The number of aliphatic hydroxyl groups is 1. The molecule has 2 amide bonds. The fourth-order valence-electron chi connectivity index (χ4n) is 5.51. The smallest absolute Gasteiger partial charge is 0.410 e. The Morgan fingerprint density at radius 3 is 2.35 bits per heavy atom. The maximum Gasteiger partial charge on any atom is 0.410 e. The molecule has 2 aromatic carbocycles. The van der Waals surface area contributed by atoms with E-state index in [4.69, 9.17) is 16.3 Å². The Balaban J connectivity index is 1.58. The van der Waals surface area contributed by atoms with Gasteiger partial charge >= 0.3 is 6.09 Å². The van der Waals surface area contributed by atoms with Crippen molar-refractivity contribution in [2.75, 3.05) is 24.4 Å². The Kier molecular flexibility index (Phi) is 10.6. The van der Waals surface area contributed by atoms with Crippen LogP contribution in [0.1, 0.15) is 62.5 Å². The molecule has 1 aliphatic heterocycles. The molecule has 1 aliphatic rings. The molecule has 3 aromatic rings. The highest BCUT2D eigenvalue weighted by molar-refractivity contribution is 7.92. The molecule has 0 aliphatic carbocycles. The number of aryl methyl sites for hydroxylation is 2. The number of nitrogens with one attached hydrogen (secondary N) is 1. The molecule has 1 saturated heterocycles. The first kappa shape index (κ1) is 35.1. The Morgan fingerprint density at radius 1 is 1.07 bits per heavy atom. The number of benzene rings is 2. The normalized spacial score (nSPS) is 17.5. The summed E-state index contributed by atoms with van der Waals surface area (Å²) in [4.78, 5) is 38.0. The third kappa shape index (κ3) is 8.54. The van der Waals surface area contributed by atoms with Gasteiger partial charge in [0.2, 0.25) is 5.95 Å². The number of amides is 2. The predicted octanol–water partition coefficient (Wildman–Crippen LogP) is 5.68. The summed E-state index contributed by atoms with van der Waals surface area (Å²) < 4.78 is 34.9. The lowest BCUT2D eigenvalue weighted by Gasteiger charge is -2.34. The molecule has 0 saturated carbocycles. The molecule has 2 atom stereocenters. The summed E-state index contributed by atoms with van der Waals surface area (Å²) in [5, 5.41) is 11.3. The van der Waals surface area contributed by atoms with E-state index in [1.165, 1.54) is 34.1 Å². The van der Waals surface area contributed by atoms with Crippen molar-refractivity contribution in [3.8, 4) is 11.3 Å². The van der Waals surface area contributed by atoms with E-state index in [1.807, 2.05) is 45.9 Å². The summed E-state index contributed by atoms with van der Waals surface area (Å²) in [6, 6.07) is 12.4. The summed E-state index contributed by atoms with van der Waals surface area (Å²) >= 11 is 6.27. The lowest BCUT2D eigenvalue weighted by molar-refractivity contribution is -0.00408. The number of halogens is 1. The van der Waals surface area contributed by atoms with Gasteiger partial charge in [0.25, 0.3) is 15.9 Å². The van der Waals surface area contributed by atoms with Gasteiger partial charge in [-0.05, 0) is 76.3 Å². The Labute approximate surface area is 276 Å². The van der Waals surface area contributed by atoms with Crippen LogP contribution in [0.25, 0.3) is 11.3 Å². The van der Waals surface area contributed by atoms with Crippen LogP contribution in [0.15, 0.2) is 53.4 Å². The number of ether oxygens (including phenoxy) is 1. The highest BCUT2D eigenvalue weighted by atomic mass is 35.5. The lowest BCUT2D eigenvalue weighted by atomic mass is 9.98. The van der Waals surface area contributed by atoms with Gasteiger partial charge in [-0.1, -0.05) is 49.7 Å². The molecule has 11 nitrogen and oxygen atoms in total. The number of anilines is 1. The molecule has 0 radical (unpaired) electrons. The summed E-state index contributed by atoms with van der Waals surface area (Å²) in [7, 11) is -4.24. The molecule has 13 heteroatoms. The van der Waals surface area contributed by atoms with Gasteiger partial charge < -0.3 is 19.6 Å². The summed E-state index contributed by atoms with van der Waals surface area (Å²) in [5.41, 5.74) is 2.54. The van der Waals surface area contributed by atoms with E-state index in [0.717, 1.165) is 16.7 Å². The minimum Gasteiger partial charge on any atom is -0.444 e. The van der Waals surface area contributed by atoms with Gasteiger partial charge in [0, 0.05) is 36.8 Å². The topological polar surface area (TPSA) is 142 Å². The molecular weight excluding hydrogens is 630 g/mol. The molecule has 1 aromatic heterocycles. The Morgan fingerprint density at radius 2 is 1.72 bits per heavy atom. The zero-order chi connectivity index (χ0) is 34.0. The van der Waals surface area contributed by atoms with Crippen LogP contribution in [0.2, 0.25) is 5.15 Å². The molecule has 0 bridgehead atoms. The number of hydrogen-bond acceptors (Lipinski definition) is 8. The third-order valence-electron chi connectivity index (χ3n) is 7.54. The largest absolute Gasteiger partial charge is 0.444 e. The van der Waals surface area contributed by atoms with Gasteiger partial charge in [-0.25, -0.2) is 27.9 Å². The zero-order valence-corrected chi connectivity index (χ0v) is 28.8. The van der Waals surface area contributed by atoms with Gasteiger partial charge in [-0.3, -0.25) is 4.79 Å². The maximum atomic E-state index is 13.7. The number of carbonyl (C=O) groups is 2. The standard InChI is InChI=1S/C33H42ClN5O6S/c1-20(2)16-26-27(40)19-38(14-15-39(26)32(42)45-33(5,6)7)30(41)23-12-9-13-24(17-23)46(43,44)37-31-35-25(18-28(34)36-31)29-21(3)10-8-11-22(29)4/h8-13,17-18,20,26-27,40H,14-16,19H2,1-7H3,(H,35,36,37)/t26-,27+/m0/s1. The van der Waals surface area contributed by atoms with Gasteiger partial charge in [-0.15, -0.1) is 0 Å². The van der Waals surface area contributed by atoms with Crippen molar-refractivity contribution < 1.29 is 27.9 Å². The van der Waals surface area contributed by atoms with Crippen molar-refractivity contribution in [2.24, 2.45) is 5.92 Å². The van der Waals surface area contributed by atoms with E-state index in [2.05, 4.69) is 14.7 Å². The number of carbonyl (C=O) groups excluding carboxylic acids is 2. The predicted molar refractivity (Wildman–Crippen MR) is 177 cm³/mol. The van der Waals surface area contributed by atoms with Crippen LogP contribution < -0.4 is 4.72 Å². The number of hydrogen-bond donors (Lipinski definition) is 2. The van der Waals surface area contributed by atoms with Crippen molar-refractivity contribution in [2.45, 2.75) is 77.5 Å². The summed E-state index contributed by atoms with van der Waals surface area (Å²) in [5.74, 6) is -0.528. The van der Waals surface area contributed by atoms with Crippen LogP contribution in [-0.2, 0) is 14.8 Å². The van der Waals surface area contributed by atoms with Crippen molar-refractivity contribution in [3.63, 3.8) is 0 Å². The van der Waals surface area contributed by atoms with Crippen molar-refractivity contribution >= 4 is 39.6 Å². The second kappa shape index (κ2) is 13.9. The molecule has 0 spiro atoms. The van der Waals surface area contributed by atoms with Crippen LogP contribution in [0.5, 0.6) is 0 Å². The molecular formula is C33H42ClN5O6S. The SMILES string of the molecule is Cc1cccc(C)c1-c1cc(Cl)nc(NS(=O)(=O)c2cccc(C(=O)N3CCN(C(=O)OC(C)(C)C)[C@@H](CC(C)C)[C@H](O)C3)c2)n1. The second-order valence-electron chi connectivity index (χ2n) is 13.0. The number of β-amino-alcohol motifs (C(OH)–C–C–N with tert-alkyl or cyclic N) is 1. The quantitative estimate of drug-likeness (QED) is 0.306. The average Bonchev–Trinajstić information content (AvgIpc) is 3.09. The van der Waals surface area contributed by atoms with Crippen LogP contribution in [0.4, 0.5) is 10.7 Å². The van der Waals surface area contributed by atoms with Crippen LogP contribution in [0, 0.1) is 19.8 Å². The third-order valence-corrected chi connectivity index (χ3v) is 9.06. The van der Waals surface area contributed by atoms with Gasteiger partial charge in [0.05, 0.1) is 22.7 Å². The van der Waals surface area contributed by atoms with E-state index in [-0.39, 0.29) is 47.1 Å². The van der Waals surface area contributed by atoms with E-state index < -0.39 is 39.8 Å². The Hall–Kier alpha value is -3.74. The number of nitrogens with zero attached hydrogens (tertiary/aromatic N) is 4. The van der Waals surface area contributed by atoms with Crippen LogP contribution in [0.3, 0.4) is 0 Å². The molecule has 248 valence electrons. The highest BCUT2D eigenvalue weighted by Gasteiger charge is 2.38. The Bertz CT molecular complexity index is 1690. The average molecular weight is 672 g/mol. The maximum absolute atomic E-state index is 13.7.